The van der Waals surface area contributed by atoms with Gasteiger partial charge in [0, 0.05) is 18.2 Å². The van der Waals surface area contributed by atoms with Crippen LogP contribution in [-0.2, 0) is 4.79 Å². The van der Waals surface area contributed by atoms with Crippen molar-refractivity contribution in [3.05, 3.63) is 53.7 Å². The van der Waals surface area contributed by atoms with Gasteiger partial charge in [-0.25, -0.2) is 4.98 Å². The van der Waals surface area contributed by atoms with E-state index >= 15 is 0 Å². The Morgan fingerprint density at radius 3 is 2.48 bits per heavy atom. The van der Waals surface area contributed by atoms with Crippen LogP contribution >= 0.6 is 0 Å². The van der Waals surface area contributed by atoms with Gasteiger partial charge in [0.1, 0.15) is 17.2 Å². The van der Waals surface area contributed by atoms with E-state index in [0.29, 0.717) is 6.42 Å². The molecular formula is C21H25N3O. The fourth-order valence-corrected chi connectivity index (χ4v) is 2.91. The number of carbonyl (C=O) groups excluding carboxylic acids is 1. The number of hydrogen-bond donors (Lipinski definition) is 1. The van der Waals surface area contributed by atoms with Crippen LogP contribution in [0.1, 0.15) is 43.7 Å². The lowest BCUT2D eigenvalue weighted by Gasteiger charge is -2.08. The summed E-state index contributed by atoms with van der Waals surface area (Å²) in [6, 6.07) is 12.3. The number of carbonyl (C=O) groups is 1. The van der Waals surface area contributed by atoms with Gasteiger partial charge in [-0.3, -0.25) is 9.20 Å². The van der Waals surface area contributed by atoms with E-state index in [0.717, 1.165) is 47.5 Å². The standard InChI is InChI=1S/C21H25N3O/c1-4-5-6-7-19(25)23-21-20(17-11-8-15(2)9-12-17)22-18-13-10-16(3)14-24(18)21/h8-14H,4-7H2,1-3H3,(H,23,25). The number of aryl methyl sites for hydroxylation is 2. The summed E-state index contributed by atoms with van der Waals surface area (Å²) in [6.07, 6.45) is 5.65. The molecule has 1 amide bonds. The van der Waals surface area contributed by atoms with Crippen molar-refractivity contribution < 1.29 is 4.79 Å². The number of rotatable bonds is 6. The van der Waals surface area contributed by atoms with E-state index in [1.807, 2.05) is 29.7 Å². The van der Waals surface area contributed by atoms with Crippen molar-refractivity contribution in [3.8, 4) is 11.3 Å². The van der Waals surface area contributed by atoms with Crippen molar-refractivity contribution in [1.82, 2.24) is 9.38 Å². The monoisotopic (exact) mass is 335 g/mol. The van der Waals surface area contributed by atoms with Gasteiger partial charge in [-0.2, -0.15) is 0 Å². The minimum atomic E-state index is 0.0464. The minimum absolute atomic E-state index is 0.0464. The van der Waals surface area contributed by atoms with Crippen LogP contribution in [0.25, 0.3) is 16.9 Å². The molecule has 0 spiro atoms. The molecule has 0 fully saturated rings. The smallest absolute Gasteiger partial charge is 0.225 e. The highest BCUT2D eigenvalue weighted by Crippen LogP contribution is 2.29. The van der Waals surface area contributed by atoms with Crippen molar-refractivity contribution in [2.24, 2.45) is 0 Å². The Morgan fingerprint density at radius 2 is 1.76 bits per heavy atom. The first-order valence-corrected chi connectivity index (χ1v) is 8.94. The number of imidazole rings is 1. The van der Waals surface area contributed by atoms with Gasteiger partial charge in [-0.1, -0.05) is 55.7 Å². The molecule has 0 saturated heterocycles. The van der Waals surface area contributed by atoms with Crippen LogP contribution < -0.4 is 5.32 Å². The molecule has 25 heavy (non-hydrogen) atoms. The number of nitrogens with zero attached hydrogens (tertiary/aromatic N) is 2. The maximum Gasteiger partial charge on any atom is 0.225 e. The zero-order valence-electron chi connectivity index (χ0n) is 15.2. The molecule has 0 aliphatic carbocycles. The van der Waals surface area contributed by atoms with E-state index in [9.17, 15) is 4.79 Å². The summed E-state index contributed by atoms with van der Waals surface area (Å²) in [4.78, 5) is 17.2. The van der Waals surface area contributed by atoms with Crippen molar-refractivity contribution in [3.63, 3.8) is 0 Å². The molecule has 2 aromatic heterocycles. The fourth-order valence-electron chi connectivity index (χ4n) is 2.91. The summed E-state index contributed by atoms with van der Waals surface area (Å²) in [7, 11) is 0. The Hall–Kier alpha value is -2.62. The maximum absolute atomic E-state index is 12.4. The molecule has 4 nitrogen and oxygen atoms in total. The summed E-state index contributed by atoms with van der Waals surface area (Å²) in [6.45, 7) is 6.24. The molecule has 3 rings (SSSR count). The molecular weight excluding hydrogens is 310 g/mol. The van der Waals surface area contributed by atoms with Crippen molar-refractivity contribution in [2.45, 2.75) is 46.5 Å². The van der Waals surface area contributed by atoms with Crippen LogP contribution in [0.15, 0.2) is 42.6 Å². The second-order valence-corrected chi connectivity index (χ2v) is 6.61. The van der Waals surface area contributed by atoms with E-state index in [4.69, 9.17) is 4.98 Å². The van der Waals surface area contributed by atoms with E-state index in [1.54, 1.807) is 0 Å². The molecule has 4 heteroatoms. The van der Waals surface area contributed by atoms with Crippen molar-refractivity contribution >= 4 is 17.4 Å². The molecule has 0 aliphatic heterocycles. The number of unbranched alkanes of at least 4 members (excludes halogenated alkanes) is 2. The first kappa shape index (κ1) is 17.2. The summed E-state index contributed by atoms with van der Waals surface area (Å²) < 4.78 is 1.97. The number of benzene rings is 1. The van der Waals surface area contributed by atoms with Crippen molar-refractivity contribution in [1.29, 1.82) is 0 Å². The lowest BCUT2D eigenvalue weighted by Crippen LogP contribution is -2.13. The van der Waals surface area contributed by atoms with Crippen LogP contribution in [0, 0.1) is 13.8 Å². The number of hydrogen-bond acceptors (Lipinski definition) is 2. The quantitative estimate of drug-likeness (QED) is 0.634. The van der Waals surface area contributed by atoms with Gasteiger partial charge in [0.25, 0.3) is 0 Å². The fraction of sp³-hybridized carbons (Fsp3) is 0.333. The number of nitrogens with one attached hydrogen (secondary N) is 1. The van der Waals surface area contributed by atoms with E-state index in [2.05, 4.69) is 43.4 Å². The first-order chi connectivity index (χ1) is 12.1. The molecule has 0 saturated carbocycles. The van der Waals surface area contributed by atoms with Gasteiger partial charge in [-0.05, 0) is 31.9 Å². The summed E-state index contributed by atoms with van der Waals surface area (Å²) in [5.74, 6) is 0.800. The van der Waals surface area contributed by atoms with E-state index < -0.39 is 0 Å². The second kappa shape index (κ2) is 7.51. The largest absolute Gasteiger partial charge is 0.310 e. The second-order valence-electron chi connectivity index (χ2n) is 6.61. The lowest BCUT2D eigenvalue weighted by atomic mass is 10.1. The summed E-state index contributed by atoms with van der Waals surface area (Å²) in [5, 5.41) is 3.09. The third kappa shape index (κ3) is 3.90. The highest BCUT2D eigenvalue weighted by molar-refractivity contribution is 5.94. The summed E-state index contributed by atoms with van der Waals surface area (Å²) >= 11 is 0. The Kier molecular flexibility index (Phi) is 5.17. The average molecular weight is 335 g/mol. The Bertz CT molecular complexity index is 878. The zero-order valence-corrected chi connectivity index (χ0v) is 15.2. The third-order valence-corrected chi connectivity index (χ3v) is 4.36. The lowest BCUT2D eigenvalue weighted by molar-refractivity contribution is -0.116. The molecule has 130 valence electrons. The van der Waals surface area contributed by atoms with Gasteiger partial charge in [0.05, 0.1) is 0 Å². The molecule has 0 atom stereocenters. The Labute approximate surface area is 148 Å². The molecule has 0 aliphatic rings. The average Bonchev–Trinajstić information content (AvgIpc) is 2.94. The topological polar surface area (TPSA) is 46.4 Å². The SMILES string of the molecule is CCCCCC(=O)Nc1c(-c2ccc(C)cc2)nc2ccc(C)cn12. The highest BCUT2D eigenvalue weighted by Gasteiger charge is 2.16. The summed E-state index contributed by atoms with van der Waals surface area (Å²) in [5.41, 5.74) is 4.99. The van der Waals surface area contributed by atoms with Gasteiger partial charge >= 0.3 is 0 Å². The molecule has 1 aromatic carbocycles. The predicted molar refractivity (Wildman–Crippen MR) is 103 cm³/mol. The highest BCUT2D eigenvalue weighted by atomic mass is 16.1. The van der Waals surface area contributed by atoms with Gasteiger partial charge in [0.15, 0.2) is 0 Å². The van der Waals surface area contributed by atoms with Crippen LogP contribution in [0.4, 0.5) is 5.82 Å². The van der Waals surface area contributed by atoms with E-state index in [-0.39, 0.29) is 5.91 Å². The minimum Gasteiger partial charge on any atom is -0.310 e. The molecule has 0 unspecified atom stereocenters. The van der Waals surface area contributed by atoms with Crippen LogP contribution in [-0.4, -0.2) is 15.3 Å². The third-order valence-electron chi connectivity index (χ3n) is 4.36. The number of anilines is 1. The molecule has 2 heterocycles. The first-order valence-electron chi connectivity index (χ1n) is 8.94. The number of pyridine rings is 1. The molecule has 0 bridgehead atoms. The predicted octanol–water partition coefficient (Wildman–Crippen LogP) is 5.14. The number of aromatic nitrogens is 2. The maximum atomic E-state index is 12.4. The van der Waals surface area contributed by atoms with Gasteiger partial charge in [-0.15, -0.1) is 0 Å². The number of amides is 1. The van der Waals surface area contributed by atoms with Crippen LogP contribution in [0.5, 0.6) is 0 Å². The van der Waals surface area contributed by atoms with Crippen LogP contribution in [0.2, 0.25) is 0 Å². The molecule has 0 radical (unpaired) electrons. The van der Waals surface area contributed by atoms with Gasteiger partial charge in [0.2, 0.25) is 5.91 Å². The zero-order chi connectivity index (χ0) is 17.8. The molecule has 1 N–H and O–H groups in total. The van der Waals surface area contributed by atoms with Crippen molar-refractivity contribution in [2.75, 3.05) is 5.32 Å². The Balaban J connectivity index is 2.00. The number of fused-ring (bicyclic) bond motifs is 1. The molecule has 3 aromatic rings. The van der Waals surface area contributed by atoms with E-state index in [1.165, 1.54) is 5.56 Å². The Morgan fingerprint density at radius 1 is 1.04 bits per heavy atom. The van der Waals surface area contributed by atoms with Gasteiger partial charge < -0.3 is 5.32 Å². The van der Waals surface area contributed by atoms with Crippen LogP contribution in [0.3, 0.4) is 0 Å². The normalized spacial score (nSPS) is 11.0.